The van der Waals surface area contributed by atoms with Gasteiger partial charge in [-0.25, -0.2) is 9.59 Å². The first-order valence-corrected chi connectivity index (χ1v) is 12.0. The molecule has 11 nitrogen and oxygen atoms in total. The molecule has 0 saturated carbocycles. The number of phenolic OH excluding ortho intramolecular Hbond substituents is 1. The maximum atomic E-state index is 13.0. The Bertz CT molecular complexity index is 856. The zero-order valence-corrected chi connectivity index (χ0v) is 20.0. The zero-order valence-electron chi connectivity index (χ0n) is 20.0. The highest BCUT2D eigenvalue weighted by molar-refractivity contribution is 5.84. The number of carboxylic acid groups (broad SMARTS) is 2. The highest BCUT2D eigenvalue weighted by Gasteiger charge is 2.29. The summed E-state index contributed by atoms with van der Waals surface area (Å²) in [5, 5.41) is 37.0. The minimum atomic E-state index is -1.24. The number of aliphatic carboxylic acids is 2. The number of hydrogen-bond acceptors (Lipinski definition) is 6. The first-order chi connectivity index (χ1) is 16.7. The van der Waals surface area contributed by atoms with Gasteiger partial charge in [0.15, 0.2) is 0 Å². The van der Waals surface area contributed by atoms with Crippen LogP contribution in [-0.2, 0) is 20.8 Å². The summed E-state index contributed by atoms with van der Waals surface area (Å²) in [5.74, 6) is -3.66. The third kappa shape index (κ3) is 9.44. The fraction of sp³-hybridized carbons (Fsp3) is 0.583. The number of phenols is 1. The summed E-state index contributed by atoms with van der Waals surface area (Å²) in [7, 11) is 0. The average molecular weight is 493 g/mol. The van der Waals surface area contributed by atoms with E-state index in [0.717, 1.165) is 25.8 Å². The molecule has 0 aromatic heterocycles. The standard InChI is InChI=1S/C24H36N4O7/c1-2-3-4-12-28(15-17(22(31)32)14-26-21(30)19-6-5-11-25-19)24(35)27-20(23(33)34)13-16-7-9-18(29)10-8-16/h7-10,17,19-20,25,29H,2-6,11-15H2,1H3,(H,26,30)(H,27,35)(H,31,32)(H,33,34)/t17-,19+,20+/m1/s1. The molecule has 194 valence electrons. The first kappa shape index (κ1) is 27.9. The van der Waals surface area contributed by atoms with Gasteiger partial charge in [0.2, 0.25) is 5.91 Å². The van der Waals surface area contributed by atoms with Crippen LogP contribution in [0.5, 0.6) is 5.75 Å². The van der Waals surface area contributed by atoms with E-state index in [0.29, 0.717) is 18.4 Å². The number of nitrogens with zero attached hydrogens (tertiary/aromatic N) is 1. The number of rotatable bonds is 14. The van der Waals surface area contributed by atoms with Crippen LogP contribution in [0.2, 0.25) is 0 Å². The van der Waals surface area contributed by atoms with Crippen molar-refractivity contribution in [2.24, 2.45) is 5.92 Å². The van der Waals surface area contributed by atoms with Crippen LogP contribution in [0, 0.1) is 5.92 Å². The van der Waals surface area contributed by atoms with E-state index in [2.05, 4.69) is 16.0 Å². The van der Waals surface area contributed by atoms with E-state index in [1.54, 1.807) is 12.1 Å². The number of benzene rings is 1. The monoisotopic (exact) mass is 492 g/mol. The molecule has 0 radical (unpaired) electrons. The van der Waals surface area contributed by atoms with Crippen LogP contribution >= 0.6 is 0 Å². The summed E-state index contributed by atoms with van der Waals surface area (Å²) in [6, 6.07) is 3.74. The van der Waals surface area contributed by atoms with Crippen molar-refractivity contribution < 1.29 is 34.5 Å². The smallest absolute Gasteiger partial charge is 0.326 e. The molecule has 6 N–H and O–H groups in total. The molecule has 0 unspecified atom stereocenters. The van der Waals surface area contributed by atoms with E-state index in [4.69, 9.17) is 0 Å². The number of urea groups is 1. The number of carboxylic acids is 2. The van der Waals surface area contributed by atoms with E-state index >= 15 is 0 Å². The first-order valence-electron chi connectivity index (χ1n) is 12.0. The van der Waals surface area contributed by atoms with Gasteiger partial charge >= 0.3 is 18.0 Å². The number of carbonyl (C=O) groups excluding carboxylic acids is 2. The molecule has 0 aliphatic carbocycles. The van der Waals surface area contributed by atoms with Gasteiger partial charge in [-0.3, -0.25) is 9.59 Å². The molecule has 1 aliphatic rings. The predicted octanol–water partition coefficient (Wildman–Crippen LogP) is 1.16. The molecule has 2 rings (SSSR count). The van der Waals surface area contributed by atoms with Crippen LogP contribution < -0.4 is 16.0 Å². The molecule has 1 heterocycles. The van der Waals surface area contributed by atoms with Crippen LogP contribution in [0.1, 0.15) is 44.6 Å². The van der Waals surface area contributed by atoms with E-state index in [-0.39, 0.29) is 43.8 Å². The predicted molar refractivity (Wildman–Crippen MR) is 128 cm³/mol. The van der Waals surface area contributed by atoms with E-state index in [1.807, 2.05) is 6.92 Å². The molecule has 0 spiro atoms. The fourth-order valence-electron chi connectivity index (χ4n) is 3.89. The molecule has 3 atom stereocenters. The minimum Gasteiger partial charge on any atom is -0.508 e. The molecule has 1 fully saturated rings. The number of unbranched alkanes of at least 4 members (excludes halogenated alkanes) is 2. The molecular weight excluding hydrogens is 456 g/mol. The van der Waals surface area contributed by atoms with Crippen LogP contribution in [0.3, 0.4) is 0 Å². The third-order valence-electron chi connectivity index (χ3n) is 5.98. The maximum absolute atomic E-state index is 13.0. The minimum absolute atomic E-state index is 0.00302. The lowest BCUT2D eigenvalue weighted by atomic mass is 10.1. The Kier molecular flexibility index (Phi) is 11.3. The van der Waals surface area contributed by atoms with Gasteiger partial charge in [0, 0.05) is 26.1 Å². The normalized spacial score (nSPS) is 16.8. The molecule has 1 aromatic rings. The van der Waals surface area contributed by atoms with Crippen molar-refractivity contribution in [1.29, 1.82) is 0 Å². The zero-order chi connectivity index (χ0) is 25.8. The molecule has 1 aliphatic heterocycles. The average Bonchev–Trinajstić information content (AvgIpc) is 3.36. The van der Waals surface area contributed by atoms with Crippen molar-refractivity contribution in [1.82, 2.24) is 20.9 Å². The third-order valence-corrected chi connectivity index (χ3v) is 5.98. The van der Waals surface area contributed by atoms with Crippen LogP contribution in [0.4, 0.5) is 4.79 Å². The van der Waals surface area contributed by atoms with Gasteiger partial charge in [-0.05, 0) is 43.5 Å². The summed E-state index contributed by atoms with van der Waals surface area (Å²) < 4.78 is 0. The molecule has 1 aromatic carbocycles. The van der Waals surface area contributed by atoms with E-state index in [1.165, 1.54) is 17.0 Å². The Labute approximate surface area is 204 Å². The number of carbonyl (C=O) groups is 4. The summed E-state index contributed by atoms with van der Waals surface area (Å²) in [6.45, 7) is 2.68. The molecule has 1 saturated heterocycles. The number of aromatic hydroxyl groups is 1. The lowest BCUT2D eigenvalue weighted by Crippen LogP contribution is -2.52. The number of amides is 3. The lowest BCUT2D eigenvalue weighted by Gasteiger charge is -2.28. The molecular formula is C24H36N4O7. The molecule has 0 bridgehead atoms. The van der Waals surface area contributed by atoms with Gasteiger partial charge < -0.3 is 36.2 Å². The van der Waals surface area contributed by atoms with E-state index in [9.17, 15) is 34.5 Å². The maximum Gasteiger partial charge on any atom is 0.326 e. The number of nitrogens with one attached hydrogen (secondary N) is 3. The topological polar surface area (TPSA) is 168 Å². The van der Waals surface area contributed by atoms with Crippen molar-refractivity contribution in [3.05, 3.63) is 29.8 Å². The van der Waals surface area contributed by atoms with Crippen LogP contribution in [0.25, 0.3) is 0 Å². The van der Waals surface area contributed by atoms with Gasteiger partial charge in [0.25, 0.3) is 0 Å². The Hall–Kier alpha value is -3.34. The van der Waals surface area contributed by atoms with Crippen LogP contribution in [0.15, 0.2) is 24.3 Å². The molecule has 3 amide bonds. The van der Waals surface area contributed by atoms with Gasteiger partial charge in [-0.1, -0.05) is 31.9 Å². The SMILES string of the molecule is CCCCCN(C[C@@H](CNC(=O)[C@@H]1CCCN1)C(=O)O)C(=O)N[C@@H](Cc1ccc(O)cc1)C(=O)O. The van der Waals surface area contributed by atoms with E-state index < -0.39 is 29.9 Å². The summed E-state index contributed by atoms with van der Waals surface area (Å²) in [5.41, 5.74) is 0.611. The Balaban J connectivity index is 2.05. The second-order valence-corrected chi connectivity index (χ2v) is 8.79. The van der Waals surface area contributed by atoms with Crippen molar-refractivity contribution in [2.75, 3.05) is 26.2 Å². The second-order valence-electron chi connectivity index (χ2n) is 8.79. The summed E-state index contributed by atoms with van der Waals surface area (Å²) in [4.78, 5) is 50.3. The highest BCUT2D eigenvalue weighted by atomic mass is 16.4. The Morgan fingerprint density at radius 3 is 2.40 bits per heavy atom. The summed E-state index contributed by atoms with van der Waals surface area (Å²) >= 11 is 0. The molecule has 35 heavy (non-hydrogen) atoms. The quantitative estimate of drug-likeness (QED) is 0.210. The Morgan fingerprint density at radius 2 is 1.83 bits per heavy atom. The van der Waals surface area contributed by atoms with Gasteiger partial charge in [-0.2, -0.15) is 0 Å². The van der Waals surface area contributed by atoms with Crippen molar-refractivity contribution in [3.8, 4) is 5.75 Å². The lowest BCUT2D eigenvalue weighted by molar-refractivity contribution is -0.142. The van der Waals surface area contributed by atoms with Gasteiger partial charge in [0.1, 0.15) is 11.8 Å². The molecule has 11 heteroatoms. The van der Waals surface area contributed by atoms with Crippen molar-refractivity contribution in [3.63, 3.8) is 0 Å². The second kappa shape index (κ2) is 14.1. The van der Waals surface area contributed by atoms with Crippen molar-refractivity contribution >= 4 is 23.9 Å². The van der Waals surface area contributed by atoms with Gasteiger partial charge in [0.05, 0.1) is 12.0 Å². The fourth-order valence-corrected chi connectivity index (χ4v) is 3.89. The van der Waals surface area contributed by atoms with Gasteiger partial charge in [-0.15, -0.1) is 0 Å². The number of hydrogen-bond donors (Lipinski definition) is 6. The largest absolute Gasteiger partial charge is 0.508 e. The Morgan fingerprint density at radius 1 is 1.11 bits per heavy atom. The van der Waals surface area contributed by atoms with Crippen LogP contribution in [-0.4, -0.2) is 82.4 Å². The highest BCUT2D eigenvalue weighted by Crippen LogP contribution is 2.13. The summed E-state index contributed by atoms with van der Waals surface area (Å²) in [6.07, 6.45) is 3.90. The van der Waals surface area contributed by atoms with Crippen molar-refractivity contribution in [2.45, 2.75) is 57.5 Å².